The standard InChI is InChI=1S/C13H17NO2.C8H10O.C6H11NO2/c1-8(2)13(16)14-7-11-5-9(3)12(15)10(4)6-11;1-6-4-3-5-7(2)8(6)9;1-5(2)6(8)7-4-9-3/h5-6,15H,1,7H2,2-4H3,(H,14,16);3-5,9H,1-2H3;1,4H2,2-3H3,(H,7,8). The number of amides is 2. The highest BCUT2D eigenvalue weighted by Crippen LogP contribution is 2.22. The SMILES string of the molecule is C=C(C)C(=O)NCOC.C=C(C)C(=O)NCc1cc(C)c(O)c(C)c1.Cc1cccc(C)c1O. The molecule has 0 aromatic heterocycles. The number of methoxy groups -OCH3 is 1. The van der Waals surface area contributed by atoms with Crippen LogP contribution in [0.4, 0.5) is 0 Å². The van der Waals surface area contributed by atoms with Gasteiger partial charge in [-0.15, -0.1) is 0 Å². The third-order valence-corrected chi connectivity index (χ3v) is 4.60. The van der Waals surface area contributed by atoms with Gasteiger partial charge in [-0.2, -0.15) is 0 Å². The Balaban J connectivity index is 0.000000518. The van der Waals surface area contributed by atoms with E-state index in [1.807, 2.05) is 58.0 Å². The van der Waals surface area contributed by atoms with Crippen molar-refractivity contribution in [2.75, 3.05) is 13.8 Å². The number of benzene rings is 2. The predicted octanol–water partition coefficient (Wildman–Crippen LogP) is 4.49. The maximum Gasteiger partial charge on any atom is 0.248 e. The number of ether oxygens (including phenoxy) is 1. The fourth-order valence-corrected chi connectivity index (χ4v) is 2.58. The van der Waals surface area contributed by atoms with E-state index in [1.54, 1.807) is 13.8 Å². The summed E-state index contributed by atoms with van der Waals surface area (Å²) < 4.78 is 4.59. The van der Waals surface area contributed by atoms with Gasteiger partial charge in [0.15, 0.2) is 0 Å². The van der Waals surface area contributed by atoms with Gasteiger partial charge >= 0.3 is 0 Å². The number of carbonyl (C=O) groups excluding carboxylic acids is 2. The number of hydrogen-bond donors (Lipinski definition) is 4. The first-order chi connectivity index (χ1) is 15.8. The Morgan fingerprint density at radius 2 is 1.24 bits per heavy atom. The van der Waals surface area contributed by atoms with Gasteiger partial charge in [-0.05, 0) is 69.4 Å². The molecular weight excluding hydrogens is 432 g/mol. The number of hydrogen-bond acceptors (Lipinski definition) is 5. The number of rotatable bonds is 6. The molecule has 0 heterocycles. The lowest BCUT2D eigenvalue weighted by Gasteiger charge is -2.09. The smallest absolute Gasteiger partial charge is 0.248 e. The van der Waals surface area contributed by atoms with Crippen LogP contribution in [0.2, 0.25) is 0 Å². The number of aryl methyl sites for hydroxylation is 4. The van der Waals surface area contributed by atoms with Crippen molar-refractivity contribution in [2.45, 2.75) is 48.1 Å². The Morgan fingerprint density at radius 3 is 1.62 bits per heavy atom. The molecule has 0 atom stereocenters. The second kappa shape index (κ2) is 15.3. The Bertz CT molecular complexity index is 969. The van der Waals surface area contributed by atoms with E-state index in [2.05, 4.69) is 28.5 Å². The molecule has 0 spiro atoms. The highest BCUT2D eigenvalue weighted by molar-refractivity contribution is 5.92. The number of nitrogens with one attached hydrogen (secondary N) is 2. The Morgan fingerprint density at radius 1 is 0.824 bits per heavy atom. The van der Waals surface area contributed by atoms with Crippen molar-refractivity contribution in [2.24, 2.45) is 0 Å². The van der Waals surface area contributed by atoms with Gasteiger partial charge in [0.25, 0.3) is 0 Å². The van der Waals surface area contributed by atoms with Crippen LogP contribution in [0.3, 0.4) is 0 Å². The number of carbonyl (C=O) groups is 2. The molecule has 0 aliphatic rings. The van der Waals surface area contributed by atoms with E-state index in [0.29, 0.717) is 29.2 Å². The largest absolute Gasteiger partial charge is 0.507 e. The summed E-state index contributed by atoms with van der Waals surface area (Å²) in [7, 11) is 1.51. The molecule has 0 fully saturated rings. The van der Waals surface area contributed by atoms with Gasteiger partial charge in [-0.25, -0.2) is 0 Å². The van der Waals surface area contributed by atoms with Crippen molar-refractivity contribution in [3.63, 3.8) is 0 Å². The molecule has 0 saturated heterocycles. The fraction of sp³-hybridized carbons (Fsp3) is 0.333. The van der Waals surface area contributed by atoms with Crippen LogP contribution in [0.25, 0.3) is 0 Å². The molecule has 0 aliphatic carbocycles. The Labute approximate surface area is 203 Å². The van der Waals surface area contributed by atoms with Crippen LogP contribution in [0.1, 0.15) is 41.7 Å². The van der Waals surface area contributed by atoms with E-state index in [1.165, 1.54) is 7.11 Å². The van der Waals surface area contributed by atoms with E-state index in [4.69, 9.17) is 0 Å². The van der Waals surface area contributed by atoms with Gasteiger partial charge in [0.1, 0.15) is 18.2 Å². The predicted molar refractivity (Wildman–Crippen MR) is 137 cm³/mol. The Kier molecular flexibility index (Phi) is 13.7. The third kappa shape index (κ3) is 11.3. The summed E-state index contributed by atoms with van der Waals surface area (Å²) in [4.78, 5) is 21.9. The van der Waals surface area contributed by atoms with E-state index < -0.39 is 0 Å². The van der Waals surface area contributed by atoms with Crippen molar-refractivity contribution in [1.82, 2.24) is 10.6 Å². The fourth-order valence-electron chi connectivity index (χ4n) is 2.58. The van der Waals surface area contributed by atoms with Crippen molar-refractivity contribution < 1.29 is 24.5 Å². The zero-order valence-corrected chi connectivity index (χ0v) is 21.3. The van der Waals surface area contributed by atoms with Gasteiger partial charge in [-0.1, -0.05) is 43.5 Å². The molecule has 2 aromatic carbocycles. The van der Waals surface area contributed by atoms with Gasteiger partial charge in [0, 0.05) is 24.8 Å². The van der Waals surface area contributed by atoms with Gasteiger partial charge in [0.2, 0.25) is 11.8 Å². The average Bonchev–Trinajstić information content (AvgIpc) is 2.78. The van der Waals surface area contributed by atoms with E-state index in [9.17, 15) is 19.8 Å². The molecular formula is C27H38N2O5. The number of phenols is 2. The van der Waals surface area contributed by atoms with E-state index >= 15 is 0 Å². The molecule has 2 aromatic rings. The van der Waals surface area contributed by atoms with E-state index in [0.717, 1.165) is 27.8 Å². The first-order valence-corrected chi connectivity index (χ1v) is 10.7. The molecule has 7 nitrogen and oxygen atoms in total. The summed E-state index contributed by atoms with van der Waals surface area (Å²) in [6.45, 7) is 18.5. The summed E-state index contributed by atoms with van der Waals surface area (Å²) in [5.74, 6) is 0.410. The molecule has 2 rings (SSSR count). The molecule has 4 N–H and O–H groups in total. The summed E-state index contributed by atoms with van der Waals surface area (Å²) in [5, 5.41) is 24.0. The van der Waals surface area contributed by atoms with Gasteiger partial charge < -0.3 is 25.6 Å². The second-order valence-corrected chi connectivity index (χ2v) is 8.00. The lowest BCUT2D eigenvalue weighted by atomic mass is 10.1. The quantitative estimate of drug-likeness (QED) is 0.367. The lowest BCUT2D eigenvalue weighted by molar-refractivity contribution is -0.119. The molecule has 2 amide bonds. The second-order valence-electron chi connectivity index (χ2n) is 8.00. The number of phenolic OH excluding ortho intramolecular Hbond substituents is 2. The van der Waals surface area contributed by atoms with Crippen molar-refractivity contribution >= 4 is 11.8 Å². The first kappa shape index (κ1) is 30.4. The summed E-state index contributed by atoms with van der Waals surface area (Å²) >= 11 is 0. The van der Waals surface area contributed by atoms with Crippen LogP contribution in [-0.2, 0) is 20.9 Å². The minimum absolute atomic E-state index is 0.150. The van der Waals surface area contributed by atoms with Crippen LogP contribution in [0.15, 0.2) is 54.6 Å². The zero-order valence-electron chi connectivity index (χ0n) is 21.3. The highest BCUT2D eigenvalue weighted by Gasteiger charge is 2.05. The average molecular weight is 471 g/mol. The molecule has 186 valence electrons. The van der Waals surface area contributed by atoms with Crippen LogP contribution >= 0.6 is 0 Å². The Hall–Kier alpha value is -3.58. The van der Waals surface area contributed by atoms with Crippen LogP contribution < -0.4 is 10.6 Å². The van der Waals surface area contributed by atoms with Crippen molar-refractivity contribution in [1.29, 1.82) is 0 Å². The first-order valence-electron chi connectivity index (χ1n) is 10.7. The summed E-state index contributed by atoms with van der Waals surface area (Å²) in [5.41, 5.74) is 5.48. The summed E-state index contributed by atoms with van der Waals surface area (Å²) in [6, 6.07) is 9.44. The molecule has 7 heteroatoms. The molecule has 34 heavy (non-hydrogen) atoms. The zero-order chi connectivity index (χ0) is 26.4. The maximum absolute atomic E-state index is 11.3. The van der Waals surface area contributed by atoms with Crippen molar-refractivity contribution in [3.8, 4) is 11.5 Å². The number of aromatic hydroxyl groups is 2. The molecule has 0 bridgehead atoms. The van der Waals surface area contributed by atoms with E-state index in [-0.39, 0.29) is 18.5 Å². The monoisotopic (exact) mass is 470 g/mol. The molecule has 0 aliphatic heterocycles. The number of para-hydroxylation sites is 1. The maximum atomic E-state index is 11.3. The van der Waals surface area contributed by atoms with Crippen LogP contribution in [0.5, 0.6) is 11.5 Å². The third-order valence-electron chi connectivity index (χ3n) is 4.60. The molecule has 0 radical (unpaired) electrons. The summed E-state index contributed by atoms with van der Waals surface area (Å²) in [6.07, 6.45) is 0. The van der Waals surface area contributed by atoms with Crippen LogP contribution in [0, 0.1) is 27.7 Å². The molecule has 0 unspecified atom stereocenters. The minimum atomic E-state index is -0.170. The normalized spacial score (nSPS) is 9.50. The lowest BCUT2D eigenvalue weighted by Crippen LogP contribution is -2.25. The van der Waals surface area contributed by atoms with Crippen LogP contribution in [-0.4, -0.2) is 35.9 Å². The van der Waals surface area contributed by atoms with Gasteiger partial charge in [-0.3, -0.25) is 9.59 Å². The molecule has 0 saturated carbocycles. The highest BCUT2D eigenvalue weighted by atomic mass is 16.5. The van der Waals surface area contributed by atoms with Gasteiger partial charge in [0.05, 0.1) is 0 Å². The van der Waals surface area contributed by atoms with Crippen molar-refractivity contribution in [3.05, 3.63) is 82.5 Å². The minimum Gasteiger partial charge on any atom is -0.507 e. The topological polar surface area (TPSA) is 108 Å².